The van der Waals surface area contributed by atoms with E-state index in [0.717, 1.165) is 52.1 Å². The highest BCUT2D eigenvalue weighted by atomic mass is 35.5. The minimum absolute atomic E-state index is 0.511. The van der Waals surface area contributed by atoms with E-state index in [9.17, 15) is 0 Å². The largest absolute Gasteiger partial charge is 0.493 e. The number of halogens is 1. The molecule has 4 nitrogen and oxygen atoms in total. The number of nitrogens with one attached hydrogen (secondary N) is 1. The third-order valence-electron chi connectivity index (χ3n) is 5.85. The van der Waals surface area contributed by atoms with Crippen molar-refractivity contribution in [3.8, 4) is 11.5 Å². The van der Waals surface area contributed by atoms with Gasteiger partial charge in [0.25, 0.3) is 0 Å². The number of anilines is 2. The van der Waals surface area contributed by atoms with Gasteiger partial charge in [-0.3, -0.25) is 0 Å². The minimum atomic E-state index is 0.511. The fraction of sp³-hybridized carbons (Fsp3) is 0.333. The summed E-state index contributed by atoms with van der Waals surface area (Å²) < 4.78 is 11.6. The van der Waals surface area contributed by atoms with Crippen molar-refractivity contribution in [2.75, 3.05) is 30.4 Å². The van der Waals surface area contributed by atoms with Gasteiger partial charge in [-0.2, -0.15) is 0 Å². The summed E-state index contributed by atoms with van der Waals surface area (Å²) in [5.74, 6) is 1.47. The summed E-state index contributed by atoms with van der Waals surface area (Å²) in [6.45, 7) is 5.45. The predicted molar refractivity (Wildman–Crippen MR) is 133 cm³/mol. The Morgan fingerprint density at radius 1 is 0.906 bits per heavy atom. The van der Waals surface area contributed by atoms with Crippen LogP contribution < -0.4 is 19.7 Å². The zero-order chi connectivity index (χ0) is 22.3. The van der Waals surface area contributed by atoms with Crippen LogP contribution in [-0.2, 0) is 13.2 Å². The Bertz CT molecular complexity index is 1050. The first-order chi connectivity index (χ1) is 15.6. The molecular formula is C27H31ClN2O2. The van der Waals surface area contributed by atoms with E-state index in [4.69, 9.17) is 21.1 Å². The maximum absolute atomic E-state index is 6.59. The maximum atomic E-state index is 6.59. The van der Waals surface area contributed by atoms with Gasteiger partial charge in [0.1, 0.15) is 6.61 Å². The van der Waals surface area contributed by atoms with Crippen LogP contribution in [0.25, 0.3) is 0 Å². The molecule has 3 aromatic rings. The topological polar surface area (TPSA) is 33.7 Å². The number of rotatable bonds is 8. The van der Waals surface area contributed by atoms with Crippen LogP contribution in [0, 0.1) is 6.92 Å². The van der Waals surface area contributed by atoms with E-state index in [1.54, 1.807) is 7.11 Å². The van der Waals surface area contributed by atoms with E-state index in [0.29, 0.717) is 13.2 Å². The maximum Gasteiger partial charge on any atom is 0.161 e. The first kappa shape index (κ1) is 22.3. The minimum Gasteiger partial charge on any atom is -0.493 e. The number of benzene rings is 3. The molecule has 0 bridgehead atoms. The van der Waals surface area contributed by atoms with Crippen LogP contribution in [0.5, 0.6) is 11.5 Å². The normalized spacial score (nSPS) is 13.7. The van der Waals surface area contributed by atoms with E-state index in [-0.39, 0.29) is 0 Å². The van der Waals surface area contributed by atoms with Gasteiger partial charge in [0.15, 0.2) is 11.5 Å². The van der Waals surface area contributed by atoms with Gasteiger partial charge in [-0.1, -0.05) is 47.5 Å². The van der Waals surface area contributed by atoms with E-state index in [1.165, 1.54) is 24.8 Å². The molecule has 1 aliphatic rings. The molecule has 1 fully saturated rings. The molecule has 0 aliphatic carbocycles. The summed E-state index contributed by atoms with van der Waals surface area (Å²) in [6, 6.07) is 20.6. The number of hydrogen-bond acceptors (Lipinski definition) is 4. The lowest BCUT2D eigenvalue weighted by atomic mass is 10.1. The molecule has 168 valence electrons. The molecule has 32 heavy (non-hydrogen) atoms. The molecule has 1 heterocycles. The zero-order valence-electron chi connectivity index (χ0n) is 18.9. The molecule has 0 atom stereocenters. The van der Waals surface area contributed by atoms with Crippen LogP contribution in [0.15, 0.2) is 60.7 Å². The zero-order valence-corrected chi connectivity index (χ0v) is 19.6. The molecule has 5 heteroatoms. The smallest absolute Gasteiger partial charge is 0.161 e. The summed E-state index contributed by atoms with van der Waals surface area (Å²) in [5.41, 5.74) is 5.62. The quantitative estimate of drug-likeness (QED) is 0.407. The van der Waals surface area contributed by atoms with Gasteiger partial charge in [-0.05, 0) is 67.6 Å². The van der Waals surface area contributed by atoms with Crippen LogP contribution in [0.4, 0.5) is 11.4 Å². The van der Waals surface area contributed by atoms with Gasteiger partial charge in [-0.15, -0.1) is 0 Å². The van der Waals surface area contributed by atoms with E-state index in [2.05, 4.69) is 53.5 Å². The number of aryl methyl sites for hydroxylation is 1. The van der Waals surface area contributed by atoms with Crippen molar-refractivity contribution < 1.29 is 9.47 Å². The van der Waals surface area contributed by atoms with Crippen molar-refractivity contribution in [2.45, 2.75) is 39.3 Å². The van der Waals surface area contributed by atoms with Crippen molar-refractivity contribution in [1.29, 1.82) is 0 Å². The average Bonchev–Trinajstić information content (AvgIpc) is 2.82. The lowest BCUT2D eigenvalue weighted by molar-refractivity contribution is 0.284. The van der Waals surface area contributed by atoms with Crippen molar-refractivity contribution in [1.82, 2.24) is 0 Å². The standard InChI is InChI=1S/C27H31ClN2O2/c1-20-7-6-8-22(15-20)19-32-26-12-9-21(16-27(26)31-2)18-29-23-10-11-25(24(28)17-23)30-13-4-3-5-14-30/h6-12,15-17,29H,3-5,13-14,18-19H2,1-2H3. The van der Waals surface area contributed by atoms with Crippen molar-refractivity contribution in [3.05, 3.63) is 82.4 Å². The number of piperidine rings is 1. The van der Waals surface area contributed by atoms with Crippen molar-refractivity contribution >= 4 is 23.0 Å². The fourth-order valence-corrected chi connectivity index (χ4v) is 4.42. The molecular weight excluding hydrogens is 420 g/mol. The number of nitrogens with zero attached hydrogens (tertiary/aromatic N) is 1. The van der Waals surface area contributed by atoms with Gasteiger partial charge < -0.3 is 19.7 Å². The Labute approximate surface area is 196 Å². The Balaban J connectivity index is 1.37. The third kappa shape index (κ3) is 5.68. The lowest BCUT2D eigenvalue weighted by Crippen LogP contribution is -2.29. The Morgan fingerprint density at radius 2 is 1.75 bits per heavy atom. The summed E-state index contributed by atoms with van der Waals surface area (Å²) >= 11 is 6.59. The second kappa shape index (κ2) is 10.6. The summed E-state index contributed by atoms with van der Waals surface area (Å²) in [7, 11) is 1.67. The monoisotopic (exact) mass is 450 g/mol. The number of methoxy groups -OCH3 is 1. The highest BCUT2D eigenvalue weighted by Gasteiger charge is 2.14. The molecule has 0 aromatic heterocycles. The molecule has 4 rings (SSSR count). The molecule has 0 saturated carbocycles. The number of hydrogen-bond donors (Lipinski definition) is 1. The molecule has 1 N–H and O–H groups in total. The summed E-state index contributed by atoms with van der Waals surface area (Å²) in [6.07, 6.45) is 3.79. The summed E-state index contributed by atoms with van der Waals surface area (Å²) in [5, 5.41) is 4.27. The van der Waals surface area contributed by atoms with Gasteiger partial charge in [-0.25, -0.2) is 0 Å². The van der Waals surface area contributed by atoms with Crippen LogP contribution >= 0.6 is 11.6 Å². The highest BCUT2D eigenvalue weighted by Crippen LogP contribution is 2.32. The average molecular weight is 451 g/mol. The van der Waals surface area contributed by atoms with Crippen molar-refractivity contribution in [2.24, 2.45) is 0 Å². The van der Waals surface area contributed by atoms with E-state index in [1.807, 2.05) is 24.3 Å². The van der Waals surface area contributed by atoms with Crippen LogP contribution in [-0.4, -0.2) is 20.2 Å². The van der Waals surface area contributed by atoms with E-state index >= 15 is 0 Å². The Morgan fingerprint density at radius 3 is 2.50 bits per heavy atom. The lowest BCUT2D eigenvalue weighted by Gasteiger charge is -2.29. The molecule has 0 radical (unpaired) electrons. The van der Waals surface area contributed by atoms with Gasteiger partial charge >= 0.3 is 0 Å². The van der Waals surface area contributed by atoms with E-state index < -0.39 is 0 Å². The number of ether oxygens (including phenoxy) is 2. The second-order valence-electron chi connectivity index (χ2n) is 8.33. The summed E-state index contributed by atoms with van der Waals surface area (Å²) in [4.78, 5) is 2.38. The Kier molecular flexibility index (Phi) is 7.43. The predicted octanol–water partition coefficient (Wildman–Crippen LogP) is 6.84. The van der Waals surface area contributed by atoms with Crippen LogP contribution in [0.2, 0.25) is 5.02 Å². The van der Waals surface area contributed by atoms with Crippen LogP contribution in [0.3, 0.4) is 0 Å². The molecule has 1 saturated heterocycles. The first-order valence-corrected chi connectivity index (χ1v) is 11.6. The molecule has 3 aromatic carbocycles. The second-order valence-corrected chi connectivity index (χ2v) is 8.74. The molecule has 0 spiro atoms. The first-order valence-electron chi connectivity index (χ1n) is 11.3. The van der Waals surface area contributed by atoms with Gasteiger partial charge in [0.2, 0.25) is 0 Å². The van der Waals surface area contributed by atoms with Crippen molar-refractivity contribution in [3.63, 3.8) is 0 Å². The van der Waals surface area contributed by atoms with Gasteiger partial charge in [0, 0.05) is 25.3 Å². The Hall–Kier alpha value is -2.85. The van der Waals surface area contributed by atoms with Gasteiger partial charge in [0.05, 0.1) is 17.8 Å². The highest BCUT2D eigenvalue weighted by molar-refractivity contribution is 6.33. The molecule has 0 unspecified atom stereocenters. The molecule has 0 amide bonds. The SMILES string of the molecule is COc1cc(CNc2ccc(N3CCCCC3)c(Cl)c2)ccc1OCc1cccc(C)c1. The van der Waals surface area contributed by atoms with Crippen LogP contribution in [0.1, 0.15) is 36.0 Å². The molecule has 1 aliphatic heterocycles. The fourth-order valence-electron chi connectivity index (χ4n) is 4.12. The third-order valence-corrected chi connectivity index (χ3v) is 6.15.